The van der Waals surface area contributed by atoms with Gasteiger partial charge in [-0.2, -0.15) is 0 Å². The highest BCUT2D eigenvalue weighted by molar-refractivity contribution is 7.00. The summed E-state index contributed by atoms with van der Waals surface area (Å²) < 4.78 is 7.61. The zero-order chi connectivity index (χ0) is 45.0. The van der Waals surface area contributed by atoms with Gasteiger partial charge in [-0.3, -0.25) is 0 Å². The summed E-state index contributed by atoms with van der Waals surface area (Å²) in [5, 5.41) is 1.21. The second-order valence-electron chi connectivity index (χ2n) is 23.7. The van der Waals surface area contributed by atoms with E-state index in [2.05, 4.69) is 209 Å². The summed E-state index contributed by atoms with van der Waals surface area (Å²) in [4.78, 5) is 5.21. The van der Waals surface area contributed by atoms with Crippen LogP contribution in [0.2, 0.25) is 0 Å². The van der Waals surface area contributed by atoms with E-state index in [0.29, 0.717) is 0 Å². The lowest BCUT2D eigenvalue weighted by atomic mass is 9.35. The number of aryl methyl sites for hydroxylation is 2. The average molecular weight is 841 g/mol. The SMILES string of the molecule is Cc1cc2c3c(c1)N(c1ccc4c(c1)C(C)(C)CCC4(C)C)c1c(oc4cc5c(cc14)C(C)(C)CCC5(C)C)B3c1cc(C(C)(C)C)ccc1N2c1ccccc1-c1ccccc1C. The van der Waals surface area contributed by atoms with E-state index in [1.54, 1.807) is 0 Å². The summed E-state index contributed by atoms with van der Waals surface area (Å²) in [6.45, 7) is 31.0. The molecule has 3 heterocycles. The predicted molar refractivity (Wildman–Crippen MR) is 274 cm³/mol. The topological polar surface area (TPSA) is 19.6 Å². The molecule has 6 aromatic carbocycles. The van der Waals surface area contributed by atoms with E-state index in [-0.39, 0.29) is 33.8 Å². The molecule has 0 atom stereocenters. The van der Waals surface area contributed by atoms with Gasteiger partial charge in [-0.05, 0) is 171 Å². The molecule has 7 aromatic rings. The Bertz CT molecular complexity index is 3100. The van der Waals surface area contributed by atoms with Gasteiger partial charge in [-0.15, -0.1) is 0 Å². The lowest BCUT2D eigenvalue weighted by Crippen LogP contribution is -2.61. The number of nitrogens with zero attached hydrogens (tertiary/aromatic N) is 2. The molecule has 4 heteroatoms. The van der Waals surface area contributed by atoms with Crippen molar-refractivity contribution in [3.8, 4) is 11.1 Å². The van der Waals surface area contributed by atoms with E-state index in [9.17, 15) is 0 Å². The number of anilines is 6. The van der Waals surface area contributed by atoms with Crippen LogP contribution in [0, 0.1) is 13.8 Å². The molecule has 0 N–H and O–H groups in total. The van der Waals surface area contributed by atoms with Crippen molar-refractivity contribution in [2.24, 2.45) is 0 Å². The van der Waals surface area contributed by atoms with Crippen molar-refractivity contribution in [2.75, 3.05) is 9.80 Å². The second-order valence-corrected chi connectivity index (χ2v) is 23.7. The van der Waals surface area contributed by atoms with Crippen molar-refractivity contribution < 1.29 is 4.42 Å². The molecule has 0 saturated heterocycles. The first-order chi connectivity index (χ1) is 30.2. The van der Waals surface area contributed by atoms with Gasteiger partial charge in [0.15, 0.2) is 0 Å². The Labute approximate surface area is 383 Å². The fraction of sp³-hybridized carbons (Fsp3) is 0.367. The van der Waals surface area contributed by atoms with Crippen LogP contribution in [0.3, 0.4) is 0 Å². The van der Waals surface area contributed by atoms with Crippen molar-refractivity contribution in [1.29, 1.82) is 0 Å². The maximum absolute atomic E-state index is 7.61. The number of fused-ring (bicyclic) bond motifs is 8. The Balaban J connectivity index is 1.27. The van der Waals surface area contributed by atoms with Crippen LogP contribution in [0.25, 0.3) is 22.1 Å². The Morgan fingerprint density at radius 2 is 1.11 bits per heavy atom. The van der Waals surface area contributed by atoms with Crippen LogP contribution in [-0.2, 0) is 27.1 Å². The Morgan fingerprint density at radius 1 is 0.531 bits per heavy atom. The van der Waals surface area contributed by atoms with Crippen LogP contribution in [0.4, 0.5) is 34.1 Å². The van der Waals surface area contributed by atoms with Gasteiger partial charge in [0, 0.05) is 33.7 Å². The minimum absolute atomic E-state index is 0.0490. The van der Waals surface area contributed by atoms with Gasteiger partial charge in [0.05, 0.1) is 17.0 Å². The van der Waals surface area contributed by atoms with Gasteiger partial charge in [0.2, 0.25) is 0 Å². The monoisotopic (exact) mass is 841 g/mol. The summed E-state index contributed by atoms with van der Waals surface area (Å²) in [5.41, 5.74) is 24.3. The van der Waals surface area contributed by atoms with E-state index in [1.165, 1.54) is 107 Å². The van der Waals surface area contributed by atoms with Crippen molar-refractivity contribution in [1.82, 2.24) is 0 Å². The maximum atomic E-state index is 7.61. The van der Waals surface area contributed by atoms with Crippen LogP contribution in [-0.4, -0.2) is 6.71 Å². The quantitative estimate of drug-likeness (QED) is 0.165. The molecule has 0 fully saturated rings. The van der Waals surface area contributed by atoms with Gasteiger partial charge in [0.25, 0.3) is 6.71 Å². The van der Waals surface area contributed by atoms with E-state index >= 15 is 0 Å². The molecule has 1 aromatic heterocycles. The summed E-state index contributed by atoms with van der Waals surface area (Å²) in [6.07, 6.45) is 4.67. The molecule has 0 unspecified atom stereocenters. The summed E-state index contributed by atoms with van der Waals surface area (Å²) in [6, 6.07) is 42.5. The normalized spacial score (nSPS) is 18.5. The van der Waals surface area contributed by atoms with E-state index in [0.717, 1.165) is 30.5 Å². The third kappa shape index (κ3) is 5.99. The van der Waals surface area contributed by atoms with Crippen LogP contribution < -0.4 is 26.4 Å². The molecule has 4 aliphatic rings. The molecule has 324 valence electrons. The zero-order valence-corrected chi connectivity index (χ0v) is 40.6. The van der Waals surface area contributed by atoms with Crippen LogP contribution >= 0.6 is 0 Å². The van der Waals surface area contributed by atoms with Crippen molar-refractivity contribution in [2.45, 2.75) is 143 Å². The van der Waals surface area contributed by atoms with Gasteiger partial charge in [-0.25, -0.2) is 0 Å². The highest BCUT2D eigenvalue weighted by Gasteiger charge is 2.49. The number of hydrogen-bond acceptors (Lipinski definition) is 3. The lowest BCUT2D eigenvalue weighted by molar-refractivity contribution is 0.332. The molecule has 2 aliphatic carbocycles. The van der Waals surface area contributed by atoms with Gasteiger partial charge >= 0.3 is 0 Å². The first kappa shape index (κ1) is 41.2. The predicted octanol–water partition coefficient (Wildman–Crippen LogP) is 14.8. The molecule has 0 saturated carbocycles. The Hall–Kier alpha value is -5.48. The molecule has 64 heavy (non-hydrogen) atoms. The minimum atomic E-state index is -0.116. The van der Waals surface area contributed by atoms with Crippen LogP contribution in [0.15, 0.2) is 114 Å². The molecule has 2 aliphatic heterocycles. The molecule has 11 rings (SSSR count). The molecule has 0 radical (unpaired) electrons. The largest absolute Gasteiger partial charge is 0.468 e. The average Bonchev–Trinajstić information content (AvgIpc) is 3.61. The van der Waals surface area contributed by atoms with Crippen LogP contribution in [0.5, 0.6) is 0 Å². The summed E-state index contributed by atoms with van der Waals surface area (Å²) in [7, 11) is 0. The molecular weight excluding hydrogens is 775 g/mol. The summed E-state index contributed by atoms with van der Waals surface area (Å²) in [5.74, 6) is 0. The number of rotatable bonds is 3. The van der Waals surface area contributed by atoms with Crippen molar-refractivity contribution >= 4 is 68.4 Å². The Kier molecular flexibility index (Phi) is 8.72. The van der Waals surface area contributed by atoms with E-state index in [1.807, 2.05) is 0 Å². The first-order valence-electron chi connectivity index (χ1n) is 24.0. The highest BCUT2D eigenvalue weighted by atomic mass is 16.3. The molecular formula is C60H65BN2O. The third-order valence-electron chi connectivity index (χ3n) is 16.3. The fourth-order valence-corrected chi connectivity index (χ4v) is 12.2. The fourth-order valence-electron chi connectivity index (χ4n) is 12.2. The third-order valence-corrected chi connectivity index (χ3v) is 16.3. The number of hydrogen-bond donors (Lipinski definition) is 0. The number of furan rings is 1. The number of benzene rings is 6. The minimum Gasteiger partial charge on any atom is -0.468 e. The van der Waals surface area contributed by atoms with Crippen LogP contribution in [0.1, 0.15) is 141 Å². The molecule has 3 nitrogen and oxygen atoms in total. The standard InChI is InChI=1S/C60H65BN2O/c1-36-30-50-53-51(31-36)63(48-21-17-16-20-41(48)40-19-15-14-18-37(40)2)49-25-22-38(56(3,4)5)32-47(49)61(53)55-54(42-34-45-46(35-52(42)64-55)60(12,13)29-28-59(45,10)11)62(50)39-23-24-43-44(33-39)58(8,9)27-26-57(43,6)7/h14-25,30-35H,26-29H2,1-13H3. The smallest absolute Gasteiger partial charge is 0.297 e. The summed E-state index contributed by atoms with van der Waals surface area (Å²) >= 11 is 0. The molecule has 0 spiro atoms. The van der Waals surface area contributed by atoms with Crippen molar-refractivity contribution in [3.05, 3.63) is 148 Å². The van der Waals surface area contributed by atoms with Gasteiger partial charge in [-0.1, -0.05) is 137 Å². The zero-order valence-electron chi connectivity index (χ0n) is 40.6. The van der Waals surface area contributed by atoms with Gasteiger partial charge < -0.3 is 14.2 Å². The first-order valence-corrected chi connectivity index (χ1v) is 24.0. The Morgan fingerprint density at radius 3 is 1.77 bits per heavy atom. The van der Waals surface area contributed by atoms with E-state index in [4.69, 9.17) is 4.42 Å². The highest BCUT2D eigenvalue weighted by Crippen LogP contribution is 2.54. The van der Waals surface area contributed by atoms with Gasteiger partial charge in [0.1, 0.15) is 5.58 Å². The molecule has 0 bridgehead atoms. The lowest BCUT2D eigenvalue weighted by Gasteiger charge is -2.45. The number of para-hydroxylation sites is 1. The van der Waals surface area contributed by atoms with Crippen molar-refractivity contribution in [3.63, 3.8) is 0 Å². The molecule has 0 amide bonds. The van der Waals surface area contributed by atoms with E-state index < -0.39 is 0 Å². The second kappa shape index (κ2) is 13.5. The maximum Gasteiger partial charge on any atom is 0.297 e.